The van der Waals surface area contributed by atoms with Crippen molar-refractivity contribution < 1.29 is 9.21 Å². The molecule has 0 spiro atoms. The molecule has 5 nitrogen and oxygen atoms in total. The normalized spacial score (nSPS) is 18.5. The topological polar surface area (TPSA) is 62.2 Å². The van der Waals surface area contributed by atoms with Gasteiger partial charge in [0, 0.05) is 25.5 Å². The van der Waals surface area contributed by atoms with Crippen LogP contribution in [0.3, 0.4) is 0 Å². The molecule has 5 heteroatoms. The number of carbonyl (C=O) groups is 1. The van der Waals surface area contributed by atoms with Crippen LogP contribution in [0.5, 0.6) is 0 Å². The van der Waals surface area contributed by atoms with Crippen molar-refractivity contribution in [1.82, 2.24) is 9.47 Å². The lowest BCUT2D eigenvalue weighted by molar-refractivity contribution is 0.0758. The Kier molecular flexibility index (Phi) is 4.24. The number of likely N-dealkylation sites (tertiary alicyclic amines) is 1. The fourth-order valence-corrected chi connectivity index (χ4v) is 3.17. The molecule has 1 saturated heterocycles. The highest BCUT2D eigenvalue weighted by Gasteiger charge is 2.28. The molecule has 0 saturated carbocycles. The molecular formula is C18H21N3O2. The maximum absolute atomic E-state index is 12.9. The van der Waals surface area contributed by atoms with Crippen LogP contribution in [0.1, 0.15) is 47.9 Å². The van der Waals surface area contributed by atoms with Crippen molar-refractivity contribution in [3.05, 3.63) is 41.4 Å². The molecule has 0 aromatic carbocycles. The monoisotopic (exact) mass is 311 g/mol. The summed E-state index contributed by atoms with van der Waals surface area (Å²) in [5.41, 5.74) is 0.728. The number of aromatic nitrogens is 1. The first-order valence-electron chi connectivity index (χ1n) is 8.08. The highest BCUT2D eigenvalue weighted by atomic mass is 16.4. The molecule has 1 aliphatic heterocycles. The van der Waals surface area contributed by atoms with Crippen molar-refractivity contribution >= 4 is 5.91 Å². The van der Waals surface area contributed by atoms with Gasteiger partial charge in [-0.3, -0.25) is 9.36 Å². The predicted molar refractivity (Wildman–Crippen MR) is 86.4 cm³/mol. The van der Waals surface area contributed by atoms with Crippen molar-refractivity contribution in [3.8, 4) is 12.0 Å². The molecule has 23 heavy (non-hydrogen) atoms. The summed E-state index contributed by atoms with van der Waals surface area (Å²) in [6.45, 7) is 5.47. The van der Waals surface area contributed by atoms with Gasteiger partial charge in [-0.2, -0.15) is 5.26 Å². The molecular weight excluding hydrogens is 290 g/mol. The Morgan fingerprint density at radius 1 is 1.30 bits per heavy atom. The smallest absolute Gasteiger partial charge is 0.258 e. The van der Waals surface area contributed by atoms with Crippen LogP contribution in [-0.2, 0) is 0 Å². The first kappa shape index (κ1) is 15.4. The van der Waals surface area contributed by atoms with Gasteiger partial charge in [-0.15, -0.1) is 0 Å². The zero-order valence-corrected chi connectivity index (χ0v) is 13.6. The van der Waals surface area contributed by atoms with E-state index in [-0.39, 0.29) is 5.91 Å². The van der Waals surface area contributed by atoms with Gasteiger partial charge < -0.3 is 9.32 Å². The first-order valence-corrected chi connectivity index (χ1v) is 8.08. The number of hydrogen-bond donors (Lipinski definition) is 0. The lowest BCUT2D eigenvalue weighted by Gasteiger charge is -2.20. The molecule has 0 radical (unpaired) electrons. The van der Waals surface area contributed by atoms with Crippen molar-refractivity contribution in [3.63, 3.8) is 0 Å². The molecule has 120 valence electrons. The number of nitrogens with zero attached hydrogens (tertiary/aromatic N) is 3. The molecule has 0 unspecified atom stereocenters. The highest BCUT2D eigenvalue weighted by molar-refractivity contribution is 5.98. The second-order valence-electron chi connectivity index (χ2n) is 6.24. The Bertz CT molecular complexity index is 737. The second kappa shape index (κ2) is 6.33. The maximum Gasteiger partial charge on any atom is 0.258 e. The lowest BCUT2D eigenvalue weighted by Crippen LogP contribution is -2.32. The average Bonchev–Trinajstić information content (AvgIpc) is 3.11. The van der Waals surface area contributed by atoms with Crippen molar-refractivity contribution in [2.45, 2.75) is 33.1 Å². The predicted octanol–water partition coefficient (Wildman–Crippen LogP) is 3.51. The quantitative estimate of drug-likeness (QED) is 0.852. The fraction of sp³-hybridized carbons (Fsp3) is 0.444. The van der Waals surface area contributed by atoms with Crippen LogP contribution in [0.15, 0.2) is 28.9 Å². The van der Waals surface area contributed by atoms with Crippen molar-refractivity contribution in [1.29, 1.82) is 5.26 Å². The van der Waals surface area contributed by atoms with E-state index in [0.717, 1.165) is 32.4 Å². The molecule has 0 bridgehead atoms. The summed E-state index contributed by atoms with van der Waals surface area (Å²) in [4.78, 5) is 14.8. The minimum atomic E-state index is -0.0877. The van der Waals surface area contributed by atoms with Crippen LogP contribution < -0.4 is 0 Å². The third-order valence-corrected chi connectivity index (χ3v) is 4.53. The number of hydrogen-bond acceptors (Lipinski definition) is 3. The summed E-state index contributed by atoms with van der Waals surface area (Å²) in [6, 6.07) is 5.87. The molecule has 3 rings (SSSR count). The third-order valence-electron chi connectivity index (χ3n) is 4.53. The van der Waals surface area contributed by atoms with E-state index in [0.29, 0.717) is 28.7 Å². The van der Waals surface area contributed by atoms with Gasteiger partial charge in [0.15, 0.2) is 0 Å². The minimum absolute atomic E-state index is 0.0877. The van der Waals surface area contributed by atoms with E-state index in [1.807, 2.05) is 17.0 Å². The first-order chi connectivity index (χ1) is 11.1. The molecule has 0 aliphatic carbocycles. The largest absolute Gasteiger partial charge is 0.443 e. The van der Waals surface area contributed by atoms with E-state index in [9.17, 15) is 10.1 Å². The Labute approximate surface area is 136 Å². The third kappa shape index (κ3) is 2.89. The van der Waals surface area contributed by atoms with Gasteiger partial charge in [0.2, 0.25) is 5.88 Å². The van der Waals surface area contributed by atoms with E-state index in [1.165, 1.54) is 0 Å². The number of furan rings is 1. The van der Waals surface area contributed by atoms with Gasteiger partial charge in [-0.05, 0) is 44.2 Å². The van der Waals surface area contributed by atoms with Crippen LogP contribution in [-0.4, -0.2) is 28.5 Å². The van der Waals surface area contributed by atoms with Gasteiger partial charge in [-0.1, -0.05) is 6.92 Å². The Morgan fingerprint density at radius 2 is 2.04 bits per heavy atom. The summed E-state index contributed by atoms with van der Waals surface area (Å²) in [5.74, 6) is 1.48. The summed E-state index contributed by atoms with van der Waals surface area (Å²) in [7, 11) is 0. The van der Waals surface area contributed by atoms with Gasteiger partial charge >= 0.3 is 0 Å². The Morgan fingerprint density at radius 3 is 2.74 bits per heavy atom. The van der Waals surface area contributed by atoms with Gasteiger partial charge in [0.05, 0.1) is 0 Å². The van der Waals surface area contributed by atoms with E-state index in [2.05, 4.69) is 13.0 Å². The fourth-order valence-electron chi connectivity index (χ4n) is 3.17. The summed E-state index contributed by atoms with van der Waals surface area (Å²) >= 11 is 0. The number of amides is 1. The standard InChI is InChI=1S/C18H21N3O2/c1-13-6-5-10-20(11-7-13)17(22)16-14(2)23-18(15(16)12-19)21-8-3-4-9-21/h3-4,8-9,13H,5-7,10-11H2,1-2H3/t13-/m0/s1. The van der Waals surface area contributed by atoms with Crippen LogP contribution in [0, 0.1) is 24.2 Å². The average molecular weight is 311 g/mol. The van der Waals surface area contributed by atoms with Crippen LogP contribution in [0.2, 0.25) is 0 Å². The van der Waals surface area contributed by atoms with E-state index >= 15 is 0 Å². The summed E-state index contributed by atoms with van der Waals surface area (Å²) in [5, 5.41) is 9.56. The molecule has 1 fully saturated rings. The lowest BCUT2D eigenvalue weighted by atomic mass is 10.0. The summed E-state index contributed by atoms with van der Waals surface area (Å²) in [6.07, 6.45) is 6.78. The van der Waals surface area contributed by atoms with Gasteiger partial charge in [0.1, 0.15) is 23.0 Å². The van der Waals surface area contributed by atoms with E-state index in [1.54, 1.807) is 23.9 Å². The summed E-state index contributed by atoms with van der Waals surface area (Å²) < 4.78 is 7.47. The van der Waals surface area contributed by atoms with E-state index < -0.39 is 0 Å². The SMILES string of the molecule is Cc1oc(-n2cccc2)c(C#N)c1C(=O)N1CCC[C@H](C)CC1. The minimum Gasteiger partial charge on any atom is -0.443 e. The van der Waals surface area contributed by atoms with E-state index in [4.69, 9.17) is 4.42 Å². The number of nitriles is 1. The number of rotatable bonds is 2. The molecule has 2 aromatic rings. The van der Waals surface area contributed by atoms with Crippen LogP contribution in [0.4, 0.5) is 0 Å². The van der Waals surface area contributed by atoms with Gasteiger partial charge in [0.25, 0.3) is 5.91 Å². The van der Waals surface area contributed by atoms with Crippen LogP contribution in [0.25, 0.3) is 5.88 Å². The van der Waals surface area contributed by atoms with Crippen molar-refractivity contribution in [2.24, 2.45) is 5.92 Å². The number of aryl methyl sites for hydroxylation is 1. The molecule has 1 atom stereocenters. The molecule has 3 heterocycles. The molecule has 1 amide bonds. The maximum atomic E-state index is 12.9. The number of carbonyl (C=O) groups excluding carboxylic acids is 1. The van der Waals surface area contributed by atoms with Gasteiger partial charge in [-0.25, -0.2) is 0 Å². The molecule has 1 aliphatic rings. The van der Waals surface area contributed by atoms with Crippen LogP contribution >= 0.6 is 0 Å². The van der Waals surface area contributed by atoms with Crippen molar-refractivity contribution in [2.75, 3.05) is 13.1 Å². The molecule has 0 N–H and O–H groups in total. The second-order valence-corrected chi connectivity index (χ2v) is 6.24. The zero-order valence-electron chi connectivity index (χ0n) is 13.6. The Balaban J connectivity index is 1.96. The molecule has 2 aromatic heterocycles. The Hall–Kier alpha value is -2.48. The highest BCUT2D eigenvalue weighted by Crippen LogP contribution is 2.28. The zero-order chi connectivity index (χ0) is 16.4.